The van der Waals surface area contributed by atoms with Gasteiger partial charge in [-0.3, -0.25) is 0 Å². The highest BCUT2D eigenvalue weighted by atomic mass is 14.9. The molecule has 0 aromatic carbocycles. The van der Waals surface area contributed by atoms with Gasteiger partial charge >= 0.3 is 0 Å². The van der Waals surface area contributed by atoms with E-state index in [1.54, 1.807) is 0 Å². The molecule has 0 spiro atoms. The van der Waals surface area contributed by atoms with Gasteiger partial charge in [-0.2, -0.15) is 0 Å². The summed E-state index contributed by atoms with van der Waals surface area (Å²) < 4.78 is 0. The van der Waals surface area contributed by atoms with E-state index in [4.69, 9.17) is 5.73 Å². The summed E-state index contributed by atoms with van der Waals surface area (Å²) in [4.78, 5) is 0. The minimum absolute atomic E-state index is 0.177. The van der Waals surface area contributed by atoms with Crippen molar-refractivity contribution in [3.63, 3.8) is 0 Å². The van der Waals surface area contributed by atoms with E-state index in [1.165, 1.54) is 19.3 Å². The Morgan fingerprint density at radius 2 is 1.91 bits per heavy atom. The fraction of sp³-hybridized carbons (Fsp3) is 1.00. The average molecular weight is 153 g/mol. The minimum atomic E-state index is 0.177. The highest BCUT2D eigenvalue weighted by Gasteiger charge is 2.62. The maximum absolute atomic E-state index is 6.37. The second-order valence-corrected chi connectivity index (χ2v) is 5.14. The van der Waals surface area contributed by atoms with Crippen molar-refractivity contribution in [1.82, 2.24) is 0 Å². The first-order valence-corrected chi connectivity index (χ1v) is 4.77. The van der Waals surface area contributed by atoms with E-state index in [1.807, 2.05) is 0 Å². The molecule has 0 aromatic heterocycles. The largest absolute Gasteiger partial charge is 0.324 e. The fourth-order valence-corrected chi connectivity index (χ4v) is 3.18. The molecule has 3 aliphatic carbocycles. The second kappa shape index (κ2) is 1.82. The molecule has 2 bridgehead atoms. The summed E-state index contributed by atoms with van der Waals surface area (Å²) in [6.07, 6.45) is 4.04. The minimum Gasteiger partial charge on any atom is -0.324 e. The smallest absolute Gasteiger partial charge is 0.0237 e. The van der Waals surface area contributed by atoms with Gasteiger partial charge in [0.05, 0.1) is 0 Å². The summed E-state index contributed by atoms with van der Waals surface area (Å²) >= 11 is 0. The van der Waals surface area contributed by atoms with Gasteiger partial charge in [-0.15, -0.1) is 0 Å². The summed E-state index contributed by atoms with van der Waals surface area (Å²) in [5.74, 6) is 1.66. The third-order valence-corrected chi connectivity index (χ3v) is 4.63. The van der Waals surface area contributed by atoms with Crippen molar-refractivity contribution < 1.29 is 0 Å². The van der Waals surface area contributed by atoms with Crippen molar-refractivity contribution in [2.75, 3.05) is 0 Å². The lowest BCUT2D eigenvalue weighted by atomic mass is 9.41. The quantitative estimate of drug-likeness (QED) is 0.567. The van der Waals surface area contributed by atoms with Crippen LogP contribution in [0.3, 0.4) is 0 Å². The summed E-state index contributed by atoms with van der Waals surface area (Å²) in [5.41, 5.74) is 6.96. The zero-order chi connectivity index (χ0) is 8.28. The lowest BCUT2D eigenvalue weighted by Crippen LogP contribution is -2.72. The number of fused-ring (bicyclic) bond motifs is 2. The lowest BCUT2D eigenvalue weighted by Gasteiger charge is -2.66. The maximum Gasteiger partial charge on any atom is 0.0237 e. The van der Waals surface area contributed by atoms with Crippen molar-refractivity contribution in [2.45, 2.75) is 45.6 Å². The molecule has 0 aromatic rings. The van der Waals surface area contributed by atoms with Crippen molar-refractivity contribution in [1.29, 1.82) is 0 Å². The summed E-state index contributed by atoms with van der Waals surface area (Å²) in [7, 11) is 0. The van der Waals surface area contributed by atoms with E-state index in [-0.39, 0.29) is 5.54 Å². The van der Waals surface area contributed by atoms with Crippen LogP contribution in [0.2, 0.25) is 0 Å². The van der Waals surface area contributed by atoms with Gasteiger partial charge in [0.25, 0.3) is 0 Å². The SMILES string of the molecule is C[C@@H]1CC[C@@H]2C[C@@]1(N)C2(C)C. The Morgan fingerprint density at radius 3 is 2.27 bits per heavy atom. The van der Waals surface area contributed by atoms with E-state index in [0.29, 0.717) is 5.41 Å². The maximum atomic E-state index is 6.37. The second-order valence-electron chi connectivity index (χ2n) is 5.14. The lowest BCUT2D eigenvalue weighted by molar-refractivity contribution is -0.123. The van der Waals surface area contributed by atoms with Crippen molar-refractivity contribution in [3.8, 4) is 0 Å². The summed E-state index contributed by atoms with van der Waals surface area (Å²) in [6.45, 7) is 7.00. The standard InChI is InChI=1S/C10H19N/c1-7-4-5-8-6-10(7,11)9(8,2)3/h7-8H,4-6,11H2,1-3H3/t7-,8-,10+/m1/s1. The number of rotatable bonds is 0. The first-order chi connectivity index (χ1) is 4.98. The van der Waals surface area contributed by atoms with Gasteiger partial charge < -0.3 is 5.73 Å². The molecule has 3 fully saturated rings. The Hall–Kier alpha value is -0.0400. The van der Waals surface area contributed by atoms with Crippen molar-refractivity contribution >= 4 is 0 Å². The third kappa shape index (κ3) is 0.658. The average Bonchev–Trinajstić information content (AvgIpc) is 1.94. The molecule has 1 heteroatoms. The molecule has 0 amide bonds. The van der Waals surface area contributed by atoms with Gasteiger partial charge in [0, 0.05) is 5.54 Å². The molecule has 3 atom stereocenters. The first-order valence-electron chi connectivity index (χ1n) is 4.77. The van der Waals surface area contributed by atoms with Crippen LogP contribution in [0.4, 0.5) is 0 Å². The highest BCUT2D eigenvalue weighted by Crippen LogP contribution is 2.62. The van der Waals surface area contributed by atoms with Crippen LogP contribution in [-0.4, -0.2) is 5.54 Å². The van der Waals surface area contributed by atoms with Gasteiger partial charge in [-0.05, 0) is 36.5 Å². The van der Waals surface area contributed by atoms with Crippen LogP contribution in [0.15, 0.2) is 0 Å². The van der Waals surface area contributed by atoms with Crippen LogP contribution >= 0.6 is 0 Å². The zero-order valence-electron chi connectivity index (χ0n) is 7.85. The monoisotopic (exact) mass is 153 g/mol. The fourth-order valence-electron chi connectivity index (χ4n) is 3.18. The Kier molecular flexibility index (Phi) is 1.26. The molecule has 3 aliphatic rings. The molecule has 11 heavy (non-hydrogen) atoms. The Bertz CT molecular complexity index is 185. The van der Waals surface area contributed by atoms with E-state index in [9.17, 15) is 0 Å². The van der Waals surface area contributed by atoms with Crippen LogP contribution in [0.1, 0.15) is 40.0 Å². The van der Waals surface area contributed by atoms with Gasteiger partial charge in [0.2, 0.25) is 0 Å². The van der Waals surface area contributed by atoms with E-state index in [0.717, 1.165) is 11.8 Å². The first kappa shape index (κ1) is 7.60. The van der Waals surface area contributed by atoms with Gasteiger partial charge in [0.1, 0.15) is 0 Å². The van der Waals surface area contributed by atoms with Crippen LogP contribution in [-0.2, 0) is 0 Å². The van der Waals surface area contributed by atoms with Gasteiger partial charge in [-0.25, -0.2) is 0 Å². The molecule has 0 heterocycles. The predicted octanol–water partition coefficient (Wildman–Crippen LogP) is 2.16. The summed E-state index contributed by atoms with van der Waals surface area (Å²) in [6, 6.07) is 0. The molecule has 2 N–H and O–H groups in total. The predicted molar refractivity (Wildman–Crippen MR) is 47.2 cm³/mol. The third-order valence-electron chi connectivity index (χ3n) is 4.63. The molecule has 1 nitrogen and oxygen atoms in total. The molecule has 3 saturated carbocycles. The Balaban J connectivity index is 2.28. The van der Waals surface area contributed by atoms with Crippen LogP contribution in [0.25, 0.3) is 0 Å². The number of hydrogen-bond donors (Lipinski definition) is 1. The molecule has 64 valence electrons. The number of nitrogens with two attached hydrogens (primary N) is 1. The van der Waals surface area contributed by atoms with Crippen molar-refractivity contribution in [2.24, 2.45) is 23.0 Å². The zero-order valence-corrected chi connectivity index (χ0v) is 7.85. The summed E-state index contributed by atoms with van der Waals surface area (Å²) in [5, 5.41) is 0. The molecule has 0 aliphatic heterocycles. The van der Waals surface area contributed by atoms with E-state index >= 15 is 0 Å². The normalized spacial score (nSPS) is 53.5. The molecular formula is C10H19N. The molecular weight excluding hydrogens is 134 g/mol. The van der Waals surface area contributed by atoms with Crippen LogP contribution in [0.5, 0.6) is 0 Å². The van der Waals surface area contributed by atoms with E-state index < -0.39 is 0 Å². The molecule has 3 rings (SSSR count). The van der Waals surface area contributed by atoms with Gasteiger partial charge in [-0.1, -0.05) is 20.8 Å². The number of hydrogen-bond acceptors (Lipinski definition) is 1. The van der Waals surface area contributed by atoms with Crippen LogP contribution in [0, 0.1) is 17.3 Å². The van der Waals surface area contributed by atoms with Crippen LogP contribution < -0.4 is 5.73 Å². The van der Waals surface area contributed by atoms with Gasteiger partial charge in [0.15, 0.2) is 0 Å². The molecule has 0 unspecified atom stereocenters. The Labute approximate surface area is 69.4 Å². The highest BCUT2D eigenvalue weighted by molar-refractivity contribution is 5.16. The van der Waals surface area contributed by atoms with Crippen molar-refractivity contribution in [3.05, 3.63) is 0 Å². The topological polar surface area (TPSA) is 26.0 Å². The molecule has 0 radical (unpaired) electrons. The molecule has 0 saturated heterocycles. The van der Waals surface area contributed by atoms with E-state index in [2.05, 4.69) is 20.8 Å². The Morgan fingerprint density at radius 1 is 1.27 bits per heavy atom.